The molecule has 25 heavy (non-hydrogen) atoms. The van der Waals surface area contributed by atoms with E-state index in [1.54, 1.807) is 0 Å². The largest absolute Gasteiger partial charge is 0.334 e. The van der Waals surface area contributed by atoms with Gasteiger partial charge in [-0.25, -0.2) is 4.68 Å². The highest BCUT2D eigenvalue weighted by molar-refractivity contribution is 5.58. The van der Waals surface area contributed by atoms with E-state index in [4.69, 9.17) is 4.52 Å². The maximum atomic E-state index is 5.51. The zero-order chi connectivity index (χ0) is 18.0. The standard InChI is InChI=1S/C19H25N5O/c1-12(2)18-16(19-22-17(23-25-19)10-14(4)20-5)11-21-24(18)15-8-6-13(3)7-9-15/h6-9,11-12,14,20H,10H2,1-5H3. The number of aryl methyl sites for hydroxylation is 1. The van der Waals surface area contributed by atoms with Gasteiger partial charge in [-0.3, -0.25) is 0 Å². The third-order valence-electron chi connectivity index (χ3n) is 4.31. The zero-order valence-electron chi connectivity index (χ0n) is 15.4. The summed E-state index contributed by atoms with van der Waals surface area (Å²) in [7, 11) is 1.92. The van der Waals surface area contributed by atoms with Crippen LogP contribution in [0, 0.1) is 6.92 Å². The quantitative estimate of drug-likeness (QED) is 0.744. The van der Waals surface area contributed by atoms with Crippen molar-refractivity contribution < 1.29 is 4.52 Å². The smallest absolute Gasteiger partial charge is 0.261 e. The molecule has 1 unspecified atom stereocenters. The van der Waals surface area contributed by atoms with E-state index in [0.29, 0.717) is 17.8 Å². The molecule has 2 heterocycles. The molecule has 132 valence electrons. The highest BCUT2D eigenvalue weighted by Crippen LogP contribution is 2.30. The van der Waals surface area contributed by atoms with E-state index >= 15 is 0 Å². The molecule has 6 nitrogen and oxygen atoms in total. The highest BCUT2D eigenvalue weighted by atomic mass is 16.5. The first kappa shape index (κ1) is 17.4. The molecule has 0 amide bonds. The minimum absolute atomic E-state index is 0.269. The number of benzene rings is 1. The number of nitrogens with zero attached hydrogens (tertiary/aromatic N) is 4. The Balaban J connectivity index is 1.99. The van der Waals surface area contributed by atoms with Gasteiger partial charge in [-0.05, 0) is 38.9 Å². The Bertz CT molecular complexity index is 832. The van der Waals surface area contributed by atoms with Crippen molar-refractivity contribution in [3.8, 4) is 17.1 Å². The van der Waals surface area contributed by atoms with Crippen LogP contribution in [0.25, 0.3) is 17.1 Å². The second kappa shape index (κ2) is 7.19. The molecule has 0 saturated carbocycles. The van der Waals surface area contributed by atoms with Crippen LogP contribution >= 0.6 is 0 Å². The lowest BCUT2D eigenvalue weighted by molar-refractivity contribution is 0.417. The Kier molecular flexibility index (Phi) is 4.99. The summed E-state index contributed by atoms with van der Waals surface area (Å²) in [5, 5.41) is 11.9. The maximum Gasteiger partial charge on any atom is 0.261 e. The first-order valence-corrected chi connectivity index (χ1v) is 8.64. The van der Waals surface area contributed by atoms with Crippen LogP contribution in [-0.4, -0.2) is 33.0 Å². The molecular formula is C19H25N5O. The summed E-state index contributed by atoms with van der Waals surface area (Å²) >= 11 is 0. The van der Waals surface area contributed by atoms with E-state index in [0.717, 1.165) is 23.4 Å². The fourth-order valence-corrected chi connectivity index (χ4v) is 2.79. The van der Waals surface area contributed by atoms with Crippen molar-refractivity contribution in [1.29, 1.82) is 0 Å². The van der Waals surface area contributed by atoms with E-state index < -0.39 is 0 Å². The predicted molar refractivity (Wildman–Crippen MR) is 97.9 cm³/mol. The molecule has 0 bridgehead atoms. The first-order valence-electron chi connectivity index (χ1n) is 8.64. The van der Waals surface area contributed by atoms with Crippen molar-refractivity contribution in [3.63, 3.8) is 0 Å². The monoisotopic (exact) mass is 339 g/mol. The molecule has 0 aliphatic carbocycles. The van der Waals surface area contributed by atoms with Crippen LogP contribution in [0.5, 0.6) is 0 Å². The summed E-state index contributed by atoms with van der Waals surface area (Å²) in [5.74, 6) is 1.50. The lowest BCUT2D eigenvalue weighted by Gasteiger charge is -2.11. The zero-order valence-corrected chi connectivity index (χ0v) is 15.4. The van der Waals surface area contributed by atoms with E-state index in [2.05, 4.69) is 72.5 Å². The van der Waals surface area contributed by atoms with Crippen LogP contribution in [0.3, 0.4) is 0 Å². The molecule has 1 aromatic carbocycles. The van der Waals surface area contributed by atoms with Gasteiger partial charge in [0.1, 0.15) is 0 Å². The lowest BCUT2D eigenvalue weighted by Crippen LogP contribution is -2.24. The number of rotatable bonds is 6. The van der Waals surface area contributed by atoms with Crippen LogP contribution in [-0.2, 0) is 6.42 Å². The first-order chi connectivity index (χ1) is 12.0. The molecule has 3 aromatic rings. The molecule has 0 fully saturated rings. The third-order valence-corrected chi connectivity index (χ3v) is 4.31. The van der Waals surface area contributed by atoms with Crippen molar-refractivity contribution in [2.45, 2.75) is 46.1 Å². The Labute approximate surface area is 148 Å². The number of hydrogen-bond acceptors (Lipinski definition) is 5. The van der Waals surface area contributed by atoms with E-state index in [1.165, 1.54) is 5.56 Å². The minimum Gasteiger partial charge on any atom is -0.334 e. The summed E-state index contributed by atoms with van der Waals surface area (Å²) in [5.41, 5.74) is 4.22. The summed E-state index contributed by atoms with van der Waals surface area (Å²) < 4.78 is 7.47. The Morgan fingerprint density at radius 3 is 2.52 bits per heavy atom. The highest BCUT2D eigenvalue weighted by Gasteiger charge is 2.21. The van der Waals surface area contributed by atoms with Gasteiger partial charge in [0.25, 0.3) is 5.89 Å². The van der Waals surface area contributed by atoms with Crippen LogP contribution in [0.4, 0.5) is 0 Å². The second-order valence-electron chi connectivity index (χ2n) is 6.76. The SMILES string of the molecule is CNC(C)Cc1noc(-c2cnn(-c3ccc(C)cc3)c2C(C)C)n1. The topological polar surface area (TPSA) is 68.8 Å². The number of hydrogen-bond donors (Lipinski definition) is 1. The normalized spacial score (nSPS) is 12.7. The maximum absolute atomic E-state index is 5.51. The lowest BCUT2D eigenvalue weighted by atomic mass is 10.1. The van der Waals surface area contributed by atoms with Crippen molar-refractivity contribution >= 4 is 0 Å². The van der Waals surface area contributed by atoms with Gasteiger partial charge in [0.05, 0.1) is 23.1 Å². The van der Waals surface area contributed by atoms with Crippen molar-refractivity contribution in [2.24, 2.45) is 0 Å². The molecule has 1 atom stereocenters. The summed E-state index contributed by atoms with van der Waals surface area (Å²) in [6, 6.07) is 8.62. The molecule has 0 spiro atoms. The molecule has 0 aliphatic heterocycles. The van der Waals surface area contributed by atoms with E-state index in [1.807, 2.05) is 17.9 Å². The Morgan fingerprint density at radius 1 is 1.16 bits per heavy atom. The number of aromatic nitrogens is 4. The van der Waals surface area contributed by atoms with E-state index in [-0.39, 0.29) is 5.92 Å². The molecule has 2 aromatic heterocycles. The predicted octanol–water partition coefficient (Wildman–Crippen LogP) is 3.50. The van der Waals surface area contributed by atoms with Gasteiger partial charge in [0.15, 0.2) is 5.82 Å². The van der Waals surface area contributed by atoms with Crippen LogP contribution < -0.4 is 5.32 Å². The van der Waals surface area contributed by atoms with Crippen molar-refractivity contribution in [2.75, 3.05) is 7.05 Å². The van der Waals surface area contributed by atoms with Gasteiger partial charge in [-0.2, -0.15) is 10.1 Å². The fourth-order valence-electron chi connectivity index (χ4n) is 2.79. The molecule has 1 N–H and O–H groups in total. The van der Waals surface area contributed by atoms with Gasteiger partial charge in [-0.15, -0.1) is 0 Å². The van der Waals surface area contributed by atoms with Gasteiger partial charge in [0.2, 0.25) is 0 Å². The minimum atomic E-state index is 0.269. The van der Waals surface area contributed by atoms with Gasteiger partial charge in [0, 0.05) is 12.5 Å². The third kappa shape index (κ3) is 3.64. The fraction of sp³-hybridized carbons (Fsp3) is 0.421. The summed E-state index contributed by atoms with van der Waals surface area (Å²) in [6.45, 7) is 8.45. The van der Waals surface area contributed by atoms with Crippen molar-refractivity contribution in [1.82, 2.24) is 25.2 Å². The van der Waals surface area contributed by atoms with Crippen LogP contribution in [0.2, 0.25) is 0 Å². The molecular weight excluding hydrogens is 314 g/mol. The molecule has 0 radical (unpaired) electrons. The number of nitrogens with one attached hydrogen (secondary N) is 1. The molecule has 6 heteroatoms. The average Bonchev–Trinajstić information content (AvgIpc) is 3.22. The number of likely N-dealkylation sites (N-methyl/N-ethyl adjacent to an activating group) is 1. The molecule has 0 aliphatic rings. The molecule has 3 rings (SSSR count). The average molecular weight is 339 g/mol. The van der Waals surface area contributed by atoms with Gasteiger partial charge >= 0.3 is 0 Å². The summed E-state index contributed by atoms with van der Waals surface area (Å²) in [6.07, 6.45) is 2.54. The van der Waals surface area contributed by atoms with E-state index in [9.17, 15) is 0 Å². The van der Waals surface area contributed by atoms with Gasteiger partial charge in [-0.1, -0.05) is 36.7 Å². The van der Waals surface area contributed by atoms with Crippen LogP contribution in [0.1, 0.15) is 43.8 Å². The molecule has 0 saturated heterocycles. The Morgan fingerprint density at radius 2 is 1.88 bits per heavy atom. The van der Waals surface area contributed by atoms with Crippen LogP contribution in [0.15, 0.2) is 35.0 Å². The van der Waals surface area contributed by atoms with Gasteiger partial charge < -0.3 is 9.84 Å². The Hall–Kier alpha value is -2.47. The van der Waals surface area contributed by atoms with Crippen molar-refractivity contribution in [3.05, 3.63) is 47.5 Å². The second-order valence-corrected chi connectivity index (χ2v) is 6.76. The summed E-state index contributed by atoms with van der Waals surface area (Å²) in [4.78, 5) is 4.56.